The van der Waals surface area contributed by atoms with E-state index in [1.807, 2.05) is 44.2 Å². The van der Waals surface area contributed by atoms with Gasteiger partial charge in [-0.3, -0.25) is 14.4 Å². The van der Waals surface area contributed by atoms with Crippen molar-refractivity contribution in [1.29, 1.82) is 0 Å². The van der Waals surface area contributed by atoms with Gasteiger partial charge in [0, 0.05) is 36.6 Å². The normalized spacial score (nSPS) is 13.5. The van der Waals surface area contributed by atoms with Gasteiger partial charge < -0.3 is 5.32 Å². The first-order chi connectivity index (χ1) is 18.3. The number of rotatable bonds is 7. The summed E-state index contributed by atoms with van der Waals surface area (Å²) < 4.78 is 28.2. The van der Waals surface area contributed by atoms with Crippen molar-refractivity contribution >= 4 is 27.3 Å². The number of anilines is 2. The van der Waals surface area contributed by atoms with Crippen LogP contribution in [0.3, 0.4) is 0 Å². The van der Waals surface area contributed by atoms with Crippen LogP contribution in [0.25, 0.3) is 0 Å². The van der Waals surface area contributed by atoms with Crippen LogP contribution in [0, 0.1) is 13.8 Å². The van der Waals surface area contributed by atoms with Gasteiger partial charge >= 0.3 is 0 Å². The molecule has 0 aromatic heterocycles. The number of hydrogen-bond donors (Lipinski definition) is 2. The first-order valence-corrected chi connectivity index (χ1v) is 14.1. The predicted octanol–water partition coefficient (Wildman–Crippen LogP) is 5.91. The molecular weight excluding hydrogens is 494 g/mol. The molecule has 4 aromatic carbocycles. The van der Waals surface area contributed by atoms with Gasteiger partial charge in [0.05, 0.1) is 4.90 Å². The molecule has 1 aliphatic rings. The van der Waals surface area contributed by atoms with E-state index in [1.165, 1.54) is 23.3 Å². The Balaban J connectivity index is 1.18. The summed E-state index contributed by atoms with van der Waals surface area (Å²) in [6, 6.07) is 27.8. The van der Waals surface area contributed by atoms with Crippen LogP contribution in [-0.4, -0.2) is 25.8 Å². The zero-order valence-corrected chi connectivity index (χ0v) is 22.4. The van der Waals surface area contributed by atoms with Gasteiger partial charge in [-0.05, 0) is 96.6 Å². The molecular formula is C31H31N3O3S. The maximum atomic E-state index is 12.8. The summed E-state index contributed by atoms with van der Waals surface area (Å²) in [6.45, 7) is 6.70. The number of nitrogens with one attached hydrogen (secondary N) is 2. The fourth-order valence-electron chi connectivity index (χ4n) is 4.65. The topological polar surface area (TPSA) is 78.5 Å². The molecule has 1 aliphatic heterocycles. The van der Waals surface area contributed by atoms with Gasteiger partial charge in [0.2, 0.25) is 0 Å². The number of hydrogen-bond acceptors (Lipinski definition) is 4. The van der Waals surface area contributed by atoms with Gasteiger partial charge in [0.15, 0.2) is 0 Å². The number of carbonyl (C=O) groups excluding carboxylic acids is 1. The van der Waals surface area contributed by atoms with E-state index in [0.29, 0.717) is 16.9 Å². The van der Waals surface area contributed by atoms with E-state index >= 15 is 0 Å². The molecule has 0 aliphatic carbocycles. The second-order valence-corrected chi connectivity index (χ2v) is 11.5. The summed E-state index contributed by atoms with van der Waals surface area (Å²) in [5.41, 5.74) is 7.66. The van der Waals surface area contributed by atoms with E-state index in [4.69, 9.17) is 0 Å². The lowest BCUT2D eigenvalue weighted by atomic mass is 9.99. The second kappa shape index (κ2) is 10.8. The molecule has 0 unspecified atom stereocenters. The van der Waals surface area contributed by atoms with Crippen LogP contribution in [0.15, 0.2) is 95.9 Å². The lowest BCUT2D eigenvalue weighted by Crippen LogP contribution is -2.29. The van der Waals surface area contributed by atoms with Gasteiger partial charge in [-0.15, -0.1) is 0 Å². The molecule has 4 aromatic rings. The smallest absolute Gasteiger partial charge is 0.261 e. The highest BCUT2D eigenvalue weighted by Gasteiger charge is 2.17. The summed E-state index contributed by atoms with van der Waals surface area (Å²) in [4.78, 5) is 15.3. The number of fused-ring (bicyclic) bond motifs is 1. The minimum atomic E-state index is -3.74. The Kier molecular flexibility index (Phi) is 7.31. The third-order valence-electron chi connectivity index (χ3n) is 7.01. The SMILES string of the molecule is Cc1ccc(NS(=O)(=O)c2ccc(NC(=O)c3ccc(CN4CCc5ccccc5C4)cc3)cc2)cc1C. The van der Waals surface area contributed by atoms with E-state index < -0.39 is 10.0 Å². The van der Waals surface area contributed by atoms with Crippen LogP contribution in [0.2, 0.25) is 0 Å². The van der Waals surface area contributed by atoms with Crippen molar-refractivity contribution in [3.63, 3.8) is 0 Å². The number of amides is 1. The number of nitrogens with zero attached hydrogens (tertiary/aromatic N) is 1. The number of carbonyl (C=O) groups is 1. The quantitative estimate of drug-likeness (QED) is 0.314. The van der Waals surface area contributed by atoms with Crippen LogP contribution >= 0.6 is 0 Å². The molecule has 194 valence electrons. The van der Waals surface area contributed by atoms with E-state index in [0.717, 1.165) is 42.7 Å². The van der Waals surface area contributed by atoms with Crippen LogP contribution < -0.4 is 10.0 Å². The zero-order valence-electron chi connectivity index (χ0n) is 21.6. The molecule has 0 saturated heterocycles. The lowest BCUT2D eigenvalue weighted by Gasteiger charge is -2.28. The highest BCUT2D eigenvalue weighted by Crippen LogP contribution is 2.22. The highest BCUT2D eigenvalue weighted by atomic mass is 32.2. The molecule has 38 heavy (non-hydrogen) atoms. The van der Waals surface area contributed by atoms with Crippen LogP contribution in [0.1, 0.15) is 38.2 Å². The molecule has 0 saturated carbocycles. The number of sulfonamides is 1. The number of aryl methyl sites for hydroxylation is 2. The predicted molar refractivity (Wildman–Crippen MR) is 152 cm³/mol. The van der Waals surface area contributed by atoms with Crippen molar-refractivity contribution < 1.29 is 13.2 Å². The van der Waals surface area contributed by atoms with Crippen LogP contribution in [0.4, 0.5) is 11.4 Å². The molecule has 6 nitrogen and oxygen atoms in total. The van der Waals surface area contributed by atoms with E-state index in [-0.39, 0.29) is 10.8 Å². The van der Waals surface area contributed by atoms with Gasteiger partial charge in [0.25, 0.3) is 15.9 Å². The Labute approximate surface area is 224 Å². The van der Waals surface area contributed by atoms with Gasteiger partial charge in [-0.2, -0.15) is 0 Å². The minimum Gasteiger partial charge on any atom is -0.322 e. The molecule has 1 heterocycles. The average molecular weight is 526 g/mol. The zero-order chi connectivity index (χ0) is 26.7. The first kappa shape index (κ1) is 25.7. The van der Waals surface area contributed by atoms with Crippen molar-refractivity contribution in [3.8, 4) is 0 Å². The molecule has 0 bridgehead atoms. The molecule has 0 atom stereocenters. The molecule has 1 amide bonds. The first-order valence-electron chi connectivity index (χ1n) is 12.7. The largest absolute Gasteiger partial charge is 0.322 e. The highest BCUT2D eigenvalue weighted by molar-refractivity contribution is 7.92. The Bertz CT molecular complexity index is 1560. The summed E-state index contributed by atoms with van der Waals surface area (Å²) >= 11 is 0. The third-order valence-corrected chi connectivity index (χ3v) is 8.41. The lowest BCUT2D eigenvalue weighted by molar-refractivity contribution is 0.102. The summed E-state index contributed by atoms with van der Waals surface area (Å²) in [7, 11) is -3.74. The van der Waals surface area contributed by atoms with Crippen molar-refractivity contribution in [2.45, 2.75) is 38.3 Å². The van der Waals surface area contributed by atoms with E-state index in [1.54, 1.807) is 24.3 Å². The summed E-state index contributed by atoms with van der Waals surface area (Å²) in [5, 5.41) is 2.85. The van der Waals surface area contributed by atoms with E-state index in [2.05, 4.69) is 39.2 Å². The molecule has 2 N–H and O–H groups in total. The van der Waals surface area contributed by atoms with Gasteiger partial charge in [-0.1, -0.05) is 42.5 Å². The van der Waals surface area contributed by atoms with E-state index in [9.17, 15) is 13.2 Å². The molecule has 0 spiro atoms. The van der Waals surface area contributed by atoms with Gasteiger partial charge in [0.1, 0.15) is 0 Å². The monoisotopic (exact) mass is 525 g/mol. The molecule has 0 fully saturated rings. The third kappa shape index (κ3) is 5.96. The maximum Gasteiger partial charge on any atom is 0.261 e. The fourth-order valence-corrected chi connectivity index (χ4v) is 5.70. The molecule has 0 radical (unpaired) electrons. The van der Waals surface area contributed by atoms with Crippen LogP contribution in [0.5, 0.6) is 0 Å². The minimum absolute atomic E-state index is 0.124. The van der Waals surface area contributed by atoms with Crippen molar-refractivity contribution in [2.75, 3.05) is 16.6 Å². The van der Waals surface area contributed by atoms with Crippen molar-refractivity contribution in [3.05, 3.63) is 124 Å². The average Bonchev–Trinajstić information content (AvgIpc) is 2.91. The Morgan fingerprint density at radius 2 is 1.50 bits per heavy atom. The van der Waals surface area contributed by atoms with Crippen molar-refractivity contribution in [1.82, 2.24) is 4.90 Å². The van der Waals surface area contributed by atoms with Crippen LogP contribution in [-0.2, 0) is 29.5 Å². The maximum absolute atomic E-state index is 12.8. The Morgan fingerprint density at radius 3 is 2.21 bits per heavy atom. The summed E-state index contributed by atoms with van der Waals surface area (Å²) in [6.07, 6.45) is 1.05. The van der Waals surface area contributed by atoms with Crippen molar-refractivity contribution in [2.24, 2.45) is 0 Å². The van der Waals surface area contributed by atoms with Gasteiger partial charge in [-0.25, -0.2) is 8.42 Å². The Hall–Kier alpha value is -3.94. The molecule has 7 heteroatoms. The fraction of sp³-hybridized carbons (Fsp3) is 0.194. The Morgan fingerprint density at radius 1 is 0.816 bits per heavy atom. The number of benzene rings is 4. The summed E-state index contributed by atoms with van der Waals surface area (Å²) in [5.74, 6) is -0.243. The molecule has 5 rings (SSSR count). The second-order valence-electron chi connectivity index (χ2n) is 9.81. The standard InChI is InChI=1S/C31H31N3O3S/c1-22-7-12-29(19-23(22)2)33-38(36,37)30-15-13-28(14-16-30)32-31(35)26-10-8-24(9-11-26)20-34-18-17-25-5-3-4-6-27(25)21-34/h3-16,19,33H,17-18,20-21H2,1-2H3,(H,32,35).